The molecule has 6 aromatic rings. The van der Waals surface area contributed by atoms with Gasteiger partial charge in [0.05, 0.1) is 16.6 Å². The molecule has 1 amide bonds. The lowest BCUT2D eigenvalue weighted by atomic mass is 10.2. The van der Waals surface area contributed by atoms with E-state index >= 15 is 0 Å². The van der Waals surface area contributed by atoms with Crippen molar-refractivity contribution >= 4 is 39.8 Å². The topological polar surface area (TPSA) is 128 Å². The van der Waals surface area contributed by atoms with Crippen molar-refractivity contribution in [3.05, 3.63) is 109 Å². The molecular formula is C26H19N7O3. The van der Waals surface area contributed by atoms with Crippen molar-refractivity contribution in [1.82, 2.24) is 30.4 Å². The van der Waals surface area contributed by atoms with Crippen LogP contribution in [0.5, 0.6) is 5.75 Å². The molecule has 0 fully saturated rings. The van der Waals surface area contributed by atoms with E-state index in [1.807, 2.05) is 66.7 Å². The fourth-order valence-corrected chi connectivity index (χ4v) is 3.34. The molecule has 10 nitrogen and oxygen atoms in total. The third kappa shape index (κ3) is 5.07. The maximum atomic E-state index is 12.0. The van der Waals surface area contributed by atoms with Crippen LogP contribution in [-0.2, 0) is 0 Å². The summed E-state index contributed by atoms with van der Waals surface area (Å²) in [7, 11) is 0. The Morgan fingerprint density at radius 2 is 1.50 bits per heavy atom. The van der Waals surface area contributed by atoms with Crippen LogP contribution in [0.3, 0.4) is 0 Å². The van der Waals surface area contributed by atoms with Crippen molar-refractivity contribution in [2.45, 2.75) is 0 Å². The molecule has 0 saturated heterocycles. The van der Waals surface area contributed by atoms with Crippen LogP contribution in [0.15, 0.2) is 103 Å². The van der Waals surface area contributed by atoms with Gasteiger partial charge in [-0.15, -0.1) is 10.2 Å². The summed E-state index contributed by atoms with van der Waals surface area (Å²) < 4.78 is 6.48. The van der Waals surface area contributed by atoms with Gasteiger partial charge in [0.1, 0.15) is 16.8 Å². The summed E-state index contributed by atoms with van der Waals surface area (Å²) in [5.41, 5.74) is 3.97. The van der Waals surface area contributed by atoms with Crippen molar-refractivity contribution in [3.63, 3.8) is 0 Å². The standard InChI is InChI=1S/C13H10N4O.C13H9N3O2/c18-13(14-10-6-2-1-3-7-10)17-12-9-5-4-8-11(12)15-16-17;17-13(18-10-4-2-1-3-5-10)9-6-7-11-12(8-9)15-16-14-11/h1-9H,(H,14,18);1-8H,(H,14,15,16). The lowest BCUT2D eigenvalue weighted by Crippen LogP contribution is -2.20. The fourth-order valence-electron chi connectivity index (χ4n) is 3.34. The maximum absolute atomic E-state index is 12.0. The first-order valence-corrected chi connectivity index (χ1v) is 10.9. The van der Waals surface area contributed by atoms with Crippen LogP contribution in [0, 0.1) is 0 Å². The van der Waals surface area contributed by atoms with E-state index in [9.17, 15) is 9.59 Å². The molecule has 36 heavy (non-hydrogen) atoms. The summed E-state index contributed by atoms with van der Waals surface area (Å²) in [5.74, 6) is 0.105. The van der Waals surface area contributed by atoms with Gasteiger partial charge in [-0.3, -0.25) is 5.10 Å². The molecule has 6 rings (SSSR count). The molecule has 10 heteroatoms. The van der Waals surface area contributed by atoms with Gasteiger partial charge in [0.2, 0.25) is 0 Å². The van der Waals surface area contributed by atoms with Crippen LogP contribution < -0.4 is 10.1 Å². The van der Waals surface area contributed by atoms with E-state index in [4.69, 9.17) is 4.74 Å². The number of hydrogen-bond donors (Lipinski definition) is 2. The number of rotatable bonds is 3. The van der Waals surface area contributed by atoms with Crippen LogP contribution >= 0.6 is 0 Å². The number of aromatic nitrogens is 6. The van der Waals surface area contributed by atoms with Crippen molar-refractivity contribution < 1.29 is 14.3 Å². The normalized spacial score (nSPS) is 10.4. The minimum atomic E-state index is -0.411. The summed E-state index contributed by atoms with van der Waals surface area (Å²) in [6.07, 6.45) is 0. The number of esters is 1. The highest BCUT2D eigenvalue weighted by Gasteiger charge is 2.11. The lowest BCUT2D eigenvalue weighted by molar-refractivity contribution is 0.0735. The molecule has 0 aliphatic rings. The Balaban J connectivity index is 0.000000148. The molecule has 0 aliphatic heterocycles. The SMILES string of the molecule is O=C(Nc1ccccc1)n1nnc2ccccc21.O=C(Oc1ccccc1)c1ccc2[nH]nnc2c1. The van der Waals surface area contributed by atoms with E-state index in [1.165, 1.54) is 4.68 Å². The lowest BCUT2D eigenvalue weighted by Gasteiger charge is -2.04. The minimum absolute atomic E-state index is 0.324. The van der Waals surface area contributed by atoms with Crippen LogP contribution in [0.1, 0.15) is 10.4 Å². The Morgan fingerprint density at radius 1 is 0.778 bits per heavy atom. The number of aromatic amines is 1. The van der Waals surface area contributed by atoms with E-state index in [2.05, 4.69) is 31.0 Å². The summed E-state index contributed by atoms with van der Waals surface area (Å²) in [6, 6.07) is 30.2. The number of anilines is 1. The maximum Gasteiger partial charge on any atom is 0.348 e. The van der Waals surface area contributed by atoms with Gasteiger partial charge in [-0.05, 0) is 54.6 Å². The van der Waals surface area contributed by atoms with Crippen LogP contribution in [0.25, 0.3) is 22.1 Å². The van der Waals surface area contributed by atoms with Gasteiger partial charge in [0, 0.05) is 5.69 Å². The Kier molecular flexibility index (Phi) is 6.39. The first-order valence-electron chi connectivity index (χ1n) is 10.9. The zero-order valence-corrected chi connectivity index (χ0v) is 18.8. The van der Waals surface area contributed by atoms with Gasteiger partial charge in [-0.25, -0.2) is 9.59 Å². The van der Waals surface area contributed by atoms with Crippen molar-refractivity contribution in [2.24, 2.45) is 0 Å². The van der Waals surface area contributed by atoms with Gasteiger partial charge in [0.15, 0.2) is 0 Å². The Bertz CT molecular complexity index is 1630. The molecular weight excluding hydrogens is 458 g/mol. The molecule has 2 aromatic heterocycles. The van der Waals surface area contributed by atoms with E-state index in [-0.39, 0.29) is 6.03 Å². The first kappa shape index (κ1) is 22.4. The van der Waals surface area contributed by atoms with Gasteiger partial charge in [-0.1, -0.05) is 59.0 Å². The Labute approximate surface area is 204 Å². The zero-order chi connectivity index (χ0) is 24.7. The molecule has 0 bridgehead atoms. The number of para-hydroxylation sites is 3. The number of carbonyl (C=O) groups is 2. The predicted molar refractivity (Wildman–Crippen MR) is 134 cm³/mol. The van der Waals surface area contributed by atoms with E-state index < -0.39 is 5.97 Å². The molecule has 0 atom stereocenters. The molecule has 0 saturated carbocycles. The second-order valence-electron chi connectivity index (χ2n) is 7.53. The molecule has 0 aliphatic carbocycles. The van der Waals surface area contributed by atoms with Gasteiger partial charge < -0.3 is 10.1 Å². The number of fused-ring (bicyclic) bond motifs is 2. The average Bonchev–Trinajstić information content (AvgIpc) is 3.57. The Hall–Kier alpha value is -5.38. The molecule has 0 radical (unpaired) electrons. The largest absolute Gasteiger partial charge is 0.423 e. The van der Waals surface area contributed by atoms with Gasteiger partial charge in [-0.2, -0.15) is 4.68 Å². The van der Waals surface area contributed by atoms with E-state index in [0.29, 0.717) is 27.9 Å². The third-order valence-corrected chi connectivity index (χ3v) is 5.08. The molecule has 2 heterocycles. The highest BCUT2D eigenvalue weighted by molar-refractivity contribution is 5.96. The summed E-state index contributed by atoms with van der Waals surface area (Å²) in [5, 5.41) is 20.8. The number of benzene rings is 4. The van der Waals surface area contributed by atoms with Crippen LogP contribution in [0.2, 0.25) is 0 Å². The number of carbonyl (C=O) groups excluding carboxylic acids is 2. The second kappa shape index (κ2) is 10.3. The molecule has 176 valence electrons. The van der Waals surface area contributed by atoms with Crippen LogP contribution in [0.4, 0.5) is 10.5 Å². The smallest absolute Gasteiger partial charge is 0.348 e. The van der Waals surface area contributed by atoms with E-state index in [1.54, 1.807) is 36.4 Å². The zero-order valence-electron chi connectivity index (χ0n) is 18.8. The van der Waals surface area contributed by atoms with E-state index in [0.717, 1.165) is 11.2 Å². The second-order valence-corrected chi connectivity index (χ2v) is 7.53. The summed E-state index contributed by atoms with van der Waals surface area (Å²) in [6.45, 7) is 0. The number of amides is 1. The monoisotopic (exact) mass is 477 g/mol. The van der Waals surface area contributed by atoms with Crippen LogP contribution in [-0.4, -0.2) is 42.4 Å². The van der Waals surface area contributed by atoms with Gasteiger partial charge in [0.25, 0.3) is 0 Å². The third-order valence-electron chi connectivity index (χ3n) is 5.08. The number of H-pyrrole nitrogens is 1. The Morgan fingerprint density at radius 3 is 2.31 bits per heavy atom. The fraction of sp³-hybridized carbons (Fsp3) is 0. The average molecular weight is 477 g/mol. The highest BCUT2D eigenvalue weighted by Crippen LogP contribution is 2.15. The number of ether oxygens (including phenoxy) is 1. The summed E-state index contributed by atoms with van der Waals surface area (Å²) in [4.78, 5) is 23.9. The molecule has 0 spiro atoms. The van der Waals surface area contributed by atoms with Crippen molar-refractivity contribution in [1.29, 1.82) is 0 Å². The number of hydrogen-bond acceptors (Lipinski definition) is 7. The van der Waals surface area contributed by atoms with Gasteiger partial charge >= 0.3 is 12.0 Å². The summed E-state index contributed by atoms with van der Waals surface area (Å²) >= 11 is 0. The molecule has 4 aromatic carbocycles. The molecule has 0 unspecified atom stereocenters. The quantitative estimate of drug-likeness (QED) is 0.280. The number of nitrogens with zero attached hydrogens (tertiary/aromatic N) is 5. The van der Waals surface area contributed by atoms with Crippen molar-refractivity contribution in [2.75, 3.05) is 5.32 Å². The highest BCUT2D eigenvalue weighted by atomic mass is 16.5. The molecule has 2 N–H and O–H groups in total. The van der Waals surface area contributed by atoms with Crippen molar-refractivity contribution in [3.8, 4) is 5.75 Å². The first-order chi connectivity index (χ1) is 17.7. The number of nitrogens with one attached hydrogen (secondary N) is 2. The minimum Gasteiger partial charge on any atom is -0.423 e. The predicted octanol–water partition coefficient (Wildman–Crippen LogP) is 4.69.